The van der Waals surface area contributed by atoms with E-state index in [-0.39, 0.29) is 9.79 Å². The normalized spacial score (nSPS) is 16.9. The smallest absolute Gasteiger partial charge is 0.225 e. The summed E-state index contributed by atoms with van der Waals surface area (Å²) in [4.78, 5) is -0.224. The fourth-order valence-corrected chi connectivity index (χ4v) is 4.53. The number of benzene rings is 1. The third kappa shape index (κ3) is 3.63. The number of primary sulfonamides is 1. The summed E-state index contributed by atoms with van der Waals surface area (Å²) < 4.78 is 49.3. The van der Waals surface area contributed by atoms with Crippen molar-refractivity contribution < 1.29 is 16.8 Å². The Balaban J connectivity index is 2.33. The van der Waals surface area contributed by atoms with E-state index in [0.29, 0.717) is 19.0 Å². The average molecular weight is 332 g/mol. The fraction of sp³-hybridized carbons (Fsp3) is 0.538. The molecular formula is C13H20N2O4S2. The van der Waals surface area contributed by atoms with E-state index in [9.17, 15) is 16.8 Å². The molecule has 0 amide bonds. The number of hydrogen-bond donors (Lipinski definition) is 1. The predicted octanol–water partition coefficient (Wildman–Crippen LogP) is 1.14. The maximum Gasteiger partial charge on any atom is 0.243 e. The van der Waals surface area contributed by atoms with Gasteiger partial charge in [0.15, 0.2) is 0 Å². The first-order chi connectivity index (χ1) is 9.75. The van der Waals surface area contributed by atoms with Gasteiger partial charge in [0.2, 0.25) is 20.0 Å². The van der Waals surface area contributed by atoms with Gasteiger partial charge < -0.3 is 0 Å². The molecular weight excluding hydrogens is 312 g/mol. The maximum atomic E-state index is 12.6. The van der Waals surface area contributed by atoms with Crippen LogP contribution < -0.4 is 5.14 Å². The highest BCUT2D eigenvalue weighted by Gasteiger charge is 2.29. The van der Waals surface area contributed by atoms with Crippen molar-refractivity contribution in [1.82, 2.24) is 4.31 Å². The topological polar surface area (TPSA) is 97.5 Å². The molecule has 0 spiro atoms. The summed E-state index contributed by atoms with van der Waals surface area (Å²) in [6.07, 6.45) is 3.23. The molecule has 0 saturated heterocycles. The first kappa shape index (κ1) is 16.4. The molecule has 6 nitrogen and oxygen atoms in total. The van der Waals surface area contributed by atoms with Crippen molar-refractivity contribution in [1.29, 1.82) is 0 Å². The minimum Gasteiger partial charge on any atom is -0.225 e. The van der Waals surface area contributed by atoms with Gasteiger partial charge in [-0.1, -0.05) is 19.4 Å². The molecule has 0 atom stereocenters. The SMILES string of the molecule is CCN(CC1CCC1)S(=O)(=O)c1cccc(S(N)(=O)=O)c1. The second kappa shape index (κ2) is 6.04. The van der Waals surface area contributed by atoms with Crippen molar-refractivity contribution in [2.24, 2.45) is 11.1 Å². The molecule has 2 N–H and O–H groups in total. The standard InChI is InChI=1S/C13H20N2O4S2/c1-2-15(10-11-5-3-6-11)21(18,19)13-8-4-7-12(9-13)20(14,16)17/h4,7-9,11H,2-3,5-6,10H2,1H3,(H2,14,16,17). The molecule has 0 radical (unpaired) electrons. The van der Waals surface area contributed by atoms with Crippen molar-refractivity contribution in [3.63, 3.8) is 0 Å². The van der Waals surface area contributed by atoms with Crippen molar-refractivity contribution in [2.45, 2.75) is 36.0 Å². The molecule has 0 aliphatic heterocycles. The Morgan fingerprint density at radius 1 is 1.19 bits per heavy atom. The largest absolute Gasteiger partial charge is 0.243 e. The summed E-state index contributed by atoms with van der Waals surface area (Å²) in [7, 11) is -7.61. The van der Waals surface area contributed by atoms with Crippen LogP contribution in [0.2, 0.25) is 0 Å². The molecule has 0 heterocycles. The Bertz CT molecular complexity index is 709. The van der Waals surface area contributed by atoms with Crippen LogP contribution in [0.25, 0.3) is 0 Å². The second-order valence-corrected chi connectivity index (χ2v) is 8.77. The lowest BCUT2D eigenvalue weighted by Gasteiger charge is -2.31. The lowest BCUT2D eigenvalue weighted by atomic mass is 9.85. The highest BCUT2D eigenvalue weighted by molar-refractivity contribution is 7.90. The fourth-order valence-electron chi connectivity index (χ4n) is 2.32. The summed E-state index contributed by atoms with van der Waals surface area (Å²) in [6, 6.07) is 5.20. The molecule has 1 aliphatic carbocycles. The number of nitrogens with zero attached hydrogens (tertiary/aromatic N) is 1. The molecule has 0 bridgehead atoms. The van der Waals surface area contributed by atoms with E-state index in [1.165, 1.54) is 22.5 Å². The second-order valence-electron chi connectivity index (χ2n) is 5.27. The van der Waals surface area contributed by atoms with E-state index in [1.54, 1.807) is 6.92 Å². The van der Waals surface area contributed by atoms with Gasteiger partial charge in [-0.25, -0.2) is 22.0 Å². The quantitative estimate of drug-likeness (QED) is 0.845. The number of nitrogens with two attached hydrogens (primary N) is 1. The van der Waals surface area contributed by atoms with Gasteiger partial charge in [0, 0.05) is 13.1 Å². The molecule has 1 fully saturated rings. The van der Waals surface area contributed by atoms with Crippen LogP contribution in [0.1, 0.15) is 26.2 Å². The highest BCUT2D eigenvalue weighted by atomic mass is 32.2. The number of hydrogen-bond acceptors (Lipinski definition) is 4. The summed E-state index contributed by atoms with van der Waals surface area (Å²) in [6.45, 7) is 2.62. The molecule has 118 valence electrons. The summed E-state index contributed by atoms with van der Waals surface area (Å²) >= 11 is 0. The van der Waals surface area contributed by atoms with Crippen LogP contribution in [0.15, 0.2) is 34.1 Å². The van der Waals surface area contributed by atoms with Gasteiger partial charge in [-0.05, 0) is 37.0 Å². The Labute approximate surface area is 126 Å². The monoisotopic (exact) mass is 332 g/mol. The van der Waals surface area contributed by atoms with Crippen molar-refractivity contribution in [3.8, 4) is 0 Å². The lowest BCUT2D eigenvalue weighted by Crippen LogP contribution is -2.37. The minimum atomic E-state index is -3.92. The van der Waals surface area contributed by atoms with Crippen LogP contribution in [-0.4, -0.2) is 34.2 Å². The van der Waals surface area contributed by atoms with E-state index >= 15 is 0 Å². The first-order valence-electron chi connectivity index (χ1n) is 6.88. The van der Waals surface area contributed by atoms with E-state index in [0.717, 1.165) is 25.3 Å². The van der Waals surface area contributed by atoms with Gasteiger partial charge in [0.1, 0.15) is 0 Å². The molecule has 0 unspecified atom stereocenters. The molecule has 21 heavy (non-hydrogen) atoms. The van der Waals surface area contributed by atoms with Gasteiger partial charge in [0.05, 0.1) is 9.79 Å². The van der Waals surface area contributed by atoms with Gasteiger partial charge in [-0.15, -0.1) is 0 Å². The zero-order chi connectivity index (χ0) is 15.7. The van der Waals surface area contributed by atoms with Crippen LogP contribution in [-0.2, 0) is 20.0 Å². The number of rotatable bonds is 6. The molecule has 1 aromatic rings. The van der Waals surface area contributed by atoms with E-state index < -0.39 is 20.0 Å². The summed E-state index contributed by atoms with van der Waals surface area (Å²) in [5.41, 5.74) is 0. The first-order valence-corrected chi connectivity index (χ1v) is 9.87. The van der Waals surface area contributed by atoms with Gasteiger partial charge in [-0.2, -0.15) is 4.31 Å². The third-order valence-corrected chi connectivity index (χ3v) is 6.66. The lowest BCUT2D eigenvalue weighted by molar-refractivity contribution is 0.250. The van der Waals surface area contributed by atoms with Crippen LogP contribution in [0.5, 0.6) is 0 Å². The van der Waals surface area contributed by atoms with Crippen molar-refractivity contribution in [2.75, 3.05) is 13.1 Å². The maximum absolute atomic E-state index is 12.6. The molecule has 8 heteroatoms. The molecule has 1 aromatic carbocycles. The highest BCUT2D eigenvalue weighted by Crippen LogP contribution is 2.29. The predicted molar refractivity (Wildman–Crippen MR) is 79.6 cm³/mol. The van der Waals surface area contributed by atoms with Crippen LogP contribution in [0.3, 0.4) is 0 Å². The van der Waals surface area contributed by atoms with Crippen molar-refractivity contribution >= 4 is 20.0 Å². The minimum absolute atomic E-state index is 0.0322. The molecule has 1 aliphatic rings. The third-order valence-electron chi connectivity index (χ3n) is 3.81. The Kier molecular flexibility index (Phi) is 4.72. The van der Waals surface area contributed by atoms with E-state index in [1.807, 2.05) is 0 Å². The Morgan fingerprint density at radius 2 is 1.81 bits per heavy atom. The Morgan fingerprint density at radius 3 is 2.29 bits per heavy atom. The summed E-state index contributed by atoms with van der Waals surface area (Å²) in [5.74, 6) is 0.404. The van der Waals surface area contributed by atoms with Crippen molar-refractivity contribution in [3.05, 3.63) is 24.3 Å². The van der Waals surface area contributed by atoms with Gasteiger partial charge in [0.25, 0.3) is 0 Å². The zero-order valence-electron chi connectivity index (χ0n) is 11.9. The van der Waals surface area contributed by atoms with Gasteiger partial charge in [-0.3, -0.25) is 0 Å². The van der Waals surface area contributed by atoms with Crippen LogP contribution in [0.4, 0.5) is 0 Å². The van der Waals surface area contributed by atoms with Crippen LogP contribution in [0, 0.1) is 5.92 Å². The average Bonchev–Trinajstić information content (AvgIpc) is 2.36. The van der Waals surface area contributed by atoms with E-state index in [4.69, 9.17) is 5.14 Å². The van der Waals surface area contributed by atoms with Crippen LogP contribution >= 0.6 is 0 Å². The Hall–Kier alpha value is -0.960. The molecule has 2 rings (SSSR count). The summed E-state index contributed by atoms with van der Waals surface area (Å²) in [5, 5.41) is 5.05. The van der Waals surface area contributed by atoms with E-state index in [2.05, 4.69) is 0 Å². The zero-order valence-corrected chi connectivity index (χ0v) is 13.5. The molecule has 0 aromatic heterocycles. The molecule has 1 saturated carbocycles. The number of sulfonamides is 2. The van der Waals surface area contributed by atoms with Gasteiger partial charge >= 0.3 is 0 Å².